The number of piperidine rings is 1. The normalized spacial score (nSPS) is 17.2. The Balaban J connectivity index is 1.57. The van der Waals surface area contributed by atoms with E-state index in [-0.39, 0.29) is 0 Å². The lowest BCUT2D eigenvalue weighted by Gasteiger charge is -2.38. The summed E-state index contributed by atoms with van der Waals surface area (Å²) in [7, 11) is 5.56. The molecule has 1 unspecified atom stereocenters. The molecule has 1 aliphatic rings. The van der Waals surface area contributed by atoms with Crippen molar-refractivity contribution < 1.29 is 9.47 Å². The molecule has 2 aromatic rings. The molecule has 0 amide bonds. The van der Waals surface area contributed by atoms with Gasteiger partial charge in [-0.2, -0.15) is 5.10 Å². The third-order valence-corrected chi connectivity index (χ3v) is 5.33. The van der Waals surface area contributed by atoms with Gasteiger partial charge < -0.3 is 19.3 Å². The van der Waals surface area contributed by atoms with E-state index in [2.05, 4.69) is 45.2 Å². The number of benzene rings is 1. The minimum Gasteiger partial charge on any atom is -0.493 e. The van der Waals surface area contributed by atoms with Crippen LogP contribution in [-0.4, -0.2) is 62.0 Å². The molecule has 3 rings (SSSR count). The largest absolute Gasteiger partial charge is 0.493 e. The van der Waals surface area contributed by atoms with E-state index in [1.807, 2.05) is 19.1 Å². The molecule has 0 aliphatic carbocycles. The maximum Gasteiger partial charge on any atom is 0.160 e. The van der Waals surface area contributed by atoms with Crippen LogP contribution < -0.4 is 14.4 Å². The van der Waals surface area contributed by atoms with E-state index in [0.717, 1.165) is 49.1 Å². The van der Waals surface area contributed by atoms with Gasteiger partial charge in [-0.3, -0.25) is 0 Å². The molecule has 1 aromatic heterocycles. The first-order valence-corrected chi connectivity index (χ1v) is 9.57. The molecule has 2 heterocycles. The standard InChI is InChI=1S/C21H30N4O2/c1-16-7-10-21(23-22-16)25-12-5-6-18(15-25)24(2)13-11-17-8-9-19(26-3)20(14-17)27-4/h7-10,14,18H,5-6,11-13,15H2,1-4H3. The first-order valence-electron chi connectivity index (χ1n) is 9.57. The van der Waals surface area contributed by atoms with Gasteiger partial charge in [-0.15, -0.1) is 5.10 Å². The molecular formula is C21H30N4O2. The van der Waals surface area contributed by atoms with Gasteiger partial charge in [-0.1, -0.05) is 6.07 Å². The summed E-state index contributed by atoms with van der Waals surface area (Å²) in [5, 5.41) is 8.56. The zero-order valence-electron chi connectivity index (χ0n) is 16.8. The predicted molar refractivity (Wildman–Crippen MR) is 108 cm³/mol. The second-order valence-corrected chi connectivity index (χ2v) is 7.19. The fraction of sp³-hybridized carbons (Fsp3) is 0.524. The fourth-order valence-corrected chi connectivity index (χ4v) is 3.61. The van der Waals surface area contributed by atoms with Crippen molar-refractivity contribution in [2.24, 2.45) is 0 Å². The summed E-state index contributed by atoms with van der Waals surface area (Å²) in [5.41, 5.74) is 2.22. The number of aromatic nitrogens is 2. The highest BCUT2D eigenvalue weighted by molar-refractivity contribution is 5.43. The molecule has 0 bridgehead atoms. The second kappa shape index (κ2) is 9.04. The summed E-state index contributed by atoms with van der Waals surface area (Å²) in [5.74, 6) is 2.55. The Kier molecular flexibility index (Phi) is 6.50. The first kappa shape index (κ1) is 19.4. The summed E-state index contributed by atoms with van der Waals surface area (Å²) >= 11 is 0. The number of anilines is 1. The van der Waals surface area contributed by atoms with Crippen LogP contribution in [0.5, 0.6) is 11.5 Å². The molecule has 0 radical (unpaired) electrons. The topological polar surface area (TPSA) is 50.7 Å². The number of rotatable bonds is 7. The molecule has 1 fully saturated rings. The molecule has 1 aromatic carbocycles. The lowest BCUT2D eigenvalue weighted by molar-refractivity contribution is 0.217. The quantitative estimate of drug-likeness (QED) is 0.747. The highest BCUT2D eigenvalue weighted by atomic mass is 16.5. The summed E-state index contributed by atoms with van der Waals surface area (Å²) < 4.78 is 10.7. The van der Waals surface area contributed by atoms with E-state index in [0.29, 0.717) is 6.04 Å². The number of hydrogen-bond donors (Lipinski definition) is 0. The molecule has 27 heavy (non-hydrogen) atoms. The van der Waals surface area contributed by atoms with Crippen molar-refractivity contribution in [1.29, 1.82) is 0 Å². The molecule has 0 N–H and O–H groups in total. The fourth-order valence-electron chi connectivity index (χ4n) is 3.61. The van der Waals surface area contributed by atoms with Crippen molar-refractivity contribution >= 4 is 5.82 Å². The van der Waals surface area contributed by atoms with Gasteiger partial charge in [0.2, 0.25) is 0 Å². The molecule has 0 saturated carbocycles. The molecule has 1 atom stereocenters. The highest BCUT2D eigenvalue weighted by Gasteiger charge is 2.24. The molecule has 6 heteroatoms. The maximum atomic E-state index is 5.41. The Labute approximate surface area is 162 Å². The molecule has 0 spiro atoms. The number of methoxy groups -OCH3 is 2. The summed E-state index contributed by atoms with van der Waals surface area (Å²) in [6.07, 6.45) is 3.39. The Morgan fingerprint density at radius 2 is 1.93 bits per heavy atom. The van der Waals surface area contributed by atoms with Crippen LogP contribution in [0.2, 0.25) is 0 Å². The van der Waals surface area contributed by atoms with Crippen molar-refractivity contribution in [1.82, 2.24) is 15.1 Å². The van der Waals surface area contributed by atoms with Crippen molar-refractivity contribution in [3.8, 4) is 11.5 Å². The van der Waals surface area contributed by atoms with Crippen LogP contribution in [0.15, 0.2) is 30.3 Å². The third-order valence-electron chi connectivity index (χ3n) is 5.33. The highest BCUT2D eigenvalue weighted by Crippen LogP contribution is 2.28. The number of likely N-dealkylation sites (N-methyl/N-ethyl adjacent to an activating group) is 1. The van der Waals surface area contributed by atoms with Gasteiger partial charge in [0.15, 0.2) is 17.3 Å². The van der Waals surface area contributed by atoms with E-state index < -0.39 is 0 Å². The average molecular weight is 370 g/mol. The van der Waals surface area contributed by atoms with Crippen LogP contribution in [0.4, 0.5) is 5.82 Å². The van der Waals surface area contributed by atoms with Crippen LogP contribution in [0.1, 0.15) is 24.1 Å². The van der Waals surface area contributed by atoms with E-state index in [1.54, 1.807) is 14.2 Å². The van der Waals surface area contributed by atoms with E-state index in [4.69, 9.17) is 9.47 Å². The maximum absolute atomic E-state index is 5.41. The van der Waals surface area contributed by atoms with Crippen molar-refractivity contribution in [2.75, 3.05) is 45.8 Å². The van der Waals surface area contributed by atoms with Gasteiger partial charge in [-0.05, 0) is 63.1 Å². The number of nitrogens with zero attached hydrogens (tertiary/aromatic N) is 4. The number of aryl methyl sites for hydroxylation is 1. The van der Waals surface area contributed by atoms with Crippen LogP contribution in [0, 0.1) is 6.92 Å². The van der Waals surface area contributed by atoms with Gasteiger partial charge in [-0.25, -0.2) is 0 Å². The van der Waals surface area contributed by atoms with Gasteiger partial charge in [0.1, 0.15) is 0 Å². The van der Waals surface area contributed by atoms with Gasteiger partial charge in [0.25, 0.3) is 0 Å². The Hall–Kier alpha value is -2.34. The lowest BCUT2D eigenvalue weighted by atomic mass is 10.0. The van der Waals surface area contributed by atoms with Gasteiger partial charge >= 0.3 is 0 Å². The number of ether oxygens (including phenoxy) is 2. The minimum atomic E-state index is 0.530. The summed E-state index contributed by atoms with van der Waals surface area (Å²) in [4.78, 5) is 4.82. The lowest BCUT2D eigenvalue weighted by Crippen LogP contribution is -2.47. The molecule has 6 nitrogen and oxygen atoms in total. The van der Waals surface area contributed by atoms with Crippen molar-refractivity contribution in [2.45, 2.75) is 32.2 Å². The van der Waals surface area contributed by atoms with E-state index >= 15 is 0 Å². The second-order valence-electron chi connectivity index (χ2n) is 7.19. The minimum absolute atomic E-state index is 0.530. The third kappa shape index (κ3) is 4.89. The van der Waals surface area contributed by atoms with Gasteiger partial charge in [0.05, 0.1) is 19.9 Å². The van der Waals surface area contributed by atoms with Crippen molar-refractivity contribution in [3.63, 3.8) is 0 Å². The monoisotopic (exact) mass is 370 g/mol. The van der Waals surface area contributed by atoms with Crippen LogP contribution in [-0.2, 0) is 6.42 Å². The Morgan fingerprint density at radius 3 is 2.63 bits per heavy atom. The van der Waals surface area contributed by atoms with E-state index in [1.165, 1.54) is 18.4 Å². The smallest absolute Gasteiger partial charge is 0.160 e. The molecular weight excluding hydrogens is 340 g/mol. The van der Waals surface area contributed by atoms with Crippen molar-refractivity contribution in [3.05, 3.63) is 41.6 Å². The molecule has 146 valence electrons. The first-order chi connectivity index (χ1) is 13.1. The van der Waals surface area contributed by atoms with E-state index in [9.17, 15) is 0 Å². The van der Waals surface area contributed by atoms with Crippen LogP contribution >= 0.6 is 0 Å². The zero-order valence-corrected chi connectivity index (χ0v) is 16.8. The van der Waals surface area contributed by atoms with Gasteiger partial charge in [0, 0.05) is 25.7 Å². The predicted octanol–water partition coefficient (Wildman–Crippen LogP) is 2.95. The van der Waals surface area contributed by atoms with Crippen LogP contribution in [0.3, 0.4) is 0 Å². The number of hydrogen-bond acceptors (Lipinski definition) is 6. The zero-order chi connectivity index (χ0) is 19.2. The molecule has 1 saturated heterocycles. The Morgan fingerprint density at radius 1 is 1.11 bits per heavy atom. The van der Waals surface area contributed by atoms with Crippen LogP contribution in [0.25, 0.3) is 0 Å². The SMILES string of the molecule is COc1ccc(CCN(C)C2CCCN(c3ccc(C)nn3)C2)cc1OC. The summed E-state index contributed by atoms with van der Waals surface area (Å²) in [6.45, 7) is 5.03. The molecule has 1 aliphatic heterocycles. The Bertz CT molecular complexity index is 735. The average Bonchev–Trinajstić information content (AvgIpc) is 2.72. The summed E-state index contributed by atoms with van der Waals surface area (Å²) in [6, 6.07) is 10.8.